The number of rotatable bonds is 0. The first-order valence-corrected chi connectivity index (χ1v) is 4.80. The van der Waals surface area contributed by atoms with Gasteiger partial charge in [0, 0.05) is 23.1 Å². The van der Waals surface area contributed by atoms with Crippen LogP contribution in [0.4, 0.5) is 4.39 Å². The standard InChI is InChI=1S/C11H11FN2/c12-7-3-8-9(13)2-1-6-5-14-10(4-7)11(6)8/h3-5,9,14H,1-2,13H2. The fraction of sp³-hybridized carbons (Fsp3) is 0.273. The minimum Gasteiger partial charge on any atom is -0.361 e. The van der Waals surface area contributed by atoms with Crippen LogP contribution in [0.25, 0.3) is 10.9 Å². The largest absolute Gasteiger partial charge is 0.361 e. The lowest BCUT2D eigenvalue weighted by Crippen LogP contribution is -2.15. The summed E-state index contributed by atoms with van der Waals surface area (Å²) in [6, 6.07) is 3.07. The van der Waals surface area contributed by atoms with Crippen LogP contribution in [-0.4, -0.2) is 4.98 Å². The third-order valence-corrected chi connectivity index (χ3v) is 2.98. The molecule has 1 aliphatic carbocycles. The molecular formula is C11H11FN2. The highest BCUT2D eigenvalue weighted by atomic mass is 19.1. The number of aryl methyl sites for hydroxylation is 1. The van der Waals surface area contributed by atoms with E-state index < -0.39 is 0 Å². The van der Waals surface area contributed by atoms with Crippen LogP contribution in [0.1, 0.15) is 23.6 Å². The first kappa shape index (κ1) is 8.00. The van der Waals surface area contributed by atoms with Gasteiger partial charge in [0.15, 0.2) is 0 Å². The molecule has 0 fully saturated rings. The Kier molecular flexibility index (Phi) is 1.47. The molecule has 1 unspecified atom stereocenters. The summed E-state index contributed by atoms with van der Waals surface area (Å²) in [6.45, 7) is 0. The lowest BCUT2D eigenvalue weighted by atomic mass is 9.89. The second-order valence-electron chi connectivity index (χ2n) is 3.88. The molecule has 0 aliphatic heterocycles. The first-order chi connectivity index (χ1) is 6.75. The zero-order chi connectivity index (χ0) is 9.71. The zero-order valence-corrected chi connectivity index (χ0v) is 7.68. The van der Waals surface area contributed by atoms with Gasteiger partial charge in [-0.05, 0) is 36.1 Å². The van der Waals surface area contributed by atoms with Gasteiger partial charge in [-0.1, -0.05) is 0 Å². The van der Waals surface area contributed by atoms with Crippen molar-refractivity contribution in [1.82, 2.24) is 4.98 Å². The molecule has 0 radical (unpaired) electrons. The highest BCUT2D eigenvalue weighted by Gasteiger charge is 2.20. The van der Waals surface area contributed by atoms with Gasteiger partial charge in [-0.2, -0.15) is 0 Å². The molecule has 2 aromatic rings. The van der Waals surface area contributed by atoms with Crippen LogP contribution in [0.2, 0.25) is 0 Å². The molecule has 1 atom stereocenters. The average molecular weight is 190 g/mol. The SMILES string of the molecule is NC1CCc2c[nH]c3cc(F)cc1c23. The summed E-state index contributed by atoms with van der Waals surface area (Å²) in [5.41, 5.74) is 9.03. The highest BCUT2D eigenvalue weighted by molar-refractivity contribution is 5.88. The van der Waals surface area contributed by atoms with Crippen LogP contribution >= 0.6 is 0 Å². The third-order valence-electron chi connectivity index (χ3n) is 2.98. The number of hydrogen-bond acceptors (Lipinski definition) is 1. The first-order valence-electron chi connectivity index (χ1n) is 4.80. The number of benzene rings is 1. The molecule has 0 saturated carbocycles. The van der Waals surface area contributed by atoms with Crippen molar-refractivity contribution in [3.05, 3.63) is 35.3 Å². The highest BCUT2D eigenvalue weighted by Crippen LogP contribution is 2.34. The van der Waals surface area contributed by atoms with E-state index in [1.54, 1.807) is 6.07 Å². The van der Waals surface area contributed by atoms with Crippen molar-refractivity contribution < 1.29 is 4.39 Å². The molecule has 72 valence electrons. The number of aromatic nitrogens is 1. The van der Waals surface area contributed by atoms with Crippen molar-refractivity contribution in [2.45, 2.75) is 18.9 Å². The summed E-state index contributed by atoms with van der Waals surface area (Å²) < 4.78 is 13.2. The lowest BCUT2D eigenvalue weighted by Gasteiger charge is -2.19. The molecule has 1 aromatic carbocycles. The minimum absolute atomic E-state index is 0.0171. The van der Waals surface area contributed by atoms with Crippen LogP contribution < -0.4 is 5.73 Å². The fourth-order valence-electron chi connectivity index (χ4n) is 2.29. The molecule has 2 nitrogen and oxygen atoms in total. The molecule has 1 heterocycles. The Bertz CT molecular complexity index is 501. The molecule has 14 heavy (non-hydrogen) atoms. The average Bonchev–Trinajstić information content (AvgIpc) is 2.55. The Morgan fingerprint density at radius 2 is 2.29 bits per heavy atom. The lowest BCUT2D eigenvalue weighted by molar-refractivity contribution is 0.608. The molecule has 0 bridgehead atoms. The molecule has 3 rings (SSSR count). The Morgan fingerprint density at radius 3 is 3.14 bits per heavy atom. The molecule has 3 N–H and O–H groups in total. The summed E-state index contributed by atoms with van der Waals surface area (Å²) in [6.07, 6.45) is 3.85. The Hall–Kier alpha value is -1.35. The third kappa shape index (κ3) is 0.930. The predicted molar refractivity (Wildman–Crippen MR) is 53.5 cm³/mol. The quantitative estimate of drug-likeness (QED) is 0.657. The summed E-state index contributed by atoms with van der Waals surface area (Å²) in [5, 5.41) is 1.13. The topological polar surface area (TPSA) is 41.8 Å². The van der Waals surface area contributed by atoms with Crippen LogP contribution in [0.3, 0.4) is 0 Å². The van der Waals surface area contributed by atoms with Gasteiger partial charge in [0.2, 0.25) is 0 Å². The number of halogens is 1. The summed E-state index contributed by atoms with van der Waals surface area (Å²) in [4.78, 5) is 3.09. The smallest absolute Gasteiger partial charge is 0.125 e. The number of nitrogens with two attached hydrogens (primary N) is 1. The summed E-state index contributed by atoms with van der Waals surface area (Å²) >= 11 is 0. The Labute approximate surface area is 80.9 Å². The van der Waals surface area contributed by atoms with E-state index in [2.05, 4.69) is 4.98 Å². The number of nitrogens with one attached hydrogen (secondary N) is 1. The van der Waals surface area contributed by atoms with Crippen molar-refractivity contribution >= 4 is 10.9 Å². The zero-order valence-electron chi connectivity index (χ0n) is 7.68. The molecule has 3 heteroatoms. The van der Waals surface area contributed by atoms with E-state index in [1.165, 1.54) is 11.6 Å². The molecular weight excluding hydrogens is 179 g/mol. The second-order valence-corrected chi connectivity index (χ2v) is 3.88. The van der Waals surface area contributed by atoms with E-state index in [0.29, 0.717) is 0 Å². The maximum atomic E-state index is 13.2. The van der Waals surface area contributed by atoms with E-state index >= 15 is 0 Å². The maximum absolute atomic E-state index is 13.2. The normalized spacial score (nSPS) is 20.3. The van der Waals surface area contributed by atoms with Gasteiger partial charge >= 0.3 is 0 Å². The predicted octanol–water partition coefficient (Wildman–Crippen LogP) is 2.25. The summed E-state index contributed by atoms with van der Waals surface area (Å²) in [5.74, 6) is -0.210. The Morgan fingerprint density at radius 1 is 1.43 bits per heavy atom. The van der Waals surface area contributed by atoms with Crippen molar-refractivity contribution in [2.75, 3.05) is 0 Å². The van der Waals surface area contributed by atoms with Crippen LogP contribution in [0, 0.1) is 5.82 Å². The molecule has 0 amide bonds. The van der Waals surface area contributed by atoms with Gasteiger partial charge in [0.1, 0.15) is 5.82 Å². The molecule has 1 aromatic heterocycles. The molecule has 0 spiro atoms. The number of H-pyrrole nitrogens is 1. The van der Waals surface area contributed by atoms with E-state index in [9.17, 15) is 4.39 Å². The van der Waals surface area contributed by atoms with Gasteiger partial charge in [0.25, 0.3) is 0 Å². The van der Waals surface area contributed by atoms with Crippen molar-refractivity contribution in [1.29, 1.82) is 0 Å². The van der Waals surface area contributed by atoms with Crippen molar-refractivity contribution in [3.8, 4) is 0 Å². The maximum Gasteiger partial charge on any atom is 0.125 e. The second kappa shape index (κ2) is 2.58. The van der Waals surface area contributed by atoms with E-state index in [0.717, 1.165) is 29.3 Å². The van der Waals surface area contributed by atoms with E-state index in [4.69, 9.17) is 5.73 Å². The Balaban J connectivity index is 2.45. The van der Waals surface area contributed by atoms with Gasteiger partial charge in [-0.25, -0.2) is 4.39 Å². The van der Waals surface area contributed by atoms with Crippen LogP contribution in [0.5, 0.6) is 0 Å². The minimum atomic E-state index is -0.210. The van der Waals surface area contributed by atoms with E-state index in [1.807, 2.05) is 6.20 Å². The summed E-state index contributed by atoms with van der Waals surface area (Å²) in [7, 11) is 0. The van der Waals surface area contributed by atoms with Gasteiger partial charge < -0.3 is 10.7 Å². The van der Waals surface area contributed by atoms with Crippen LogP contribution in [0.15, 0.2) is 18.3 Å². The molecule has 0 saturated heterocycles. The van der Waals surface area contributed by atoms with E-state index in [-0.39, 0.29) is 11.9 Å². The molecule has 1 aliphatic rings. The van der Waals surface area contributed by atoms with Gasteiger partial charge in [-0.3, -0.25) is 0 Å². The number of aromatic amines is 1. The number of hydrogen-bond donors (Lipinski definition) is 2. The van der Waals surface area contributed by atoms with Crippen molar-refractivity contribution in [3.63, 3.8) is 0 Å². The fourth-order valence-corrected chi connectivity index (χ4v) is 2.29. The van der Waals surface area contributed by atoms with Crippen molar-refractivity contribution in [2.24, 2.45) is 5.73 Å². The van der Waals surface area contributed by atoms with Gasteiger partial charge in [-0.15, -0.1) is 0 Å². The monoisotopic (exact) mass is 190 g/mol. The van der Waals surface area contributed by atoms with Gasteiger partial charge in [0.05, 0.1) is 0 Å². The van der Waals surface area contributed by atoms with Crippen LogP contribution in [-0.2, 0) is 6.42 Å².